The van der Waals surface area contributed by atoms with E-state index >= 15 is 0 Å². The van der Waals surface area contributed by atoms with Crippen LogP contribution in [0.2, 0.25) is 0 Å². The Kier molecular flexibility index (Phi) is 3.37. The molecule has 1 fully saturated rings. The number of pyridine rings is 1. The summed E-state index contributed by atoms with van der Waals surface area (Å²) in [6.45, 7) is 5.93. The number of hydrogen-bond acceptors (Lipinski definition) is 3. The van der Waals surface area contributed by atoms with Crippen molar-refractivity contribution in [2.45, 2.75) is 19.8 Å². The molecule has 24 heavy (non-hydrogen) atoms. The fraction of sp³-hybridized carbons (Fsp3) is 0.316. The first-order valence-electron chi connectivity index (χ1n) is 8.19. The van der Waals surface area contributed by atoms with Crippen LogP contribution in [0.15, 0.2) is 55.0 Å². The summed E-state index contributed by atoms with van der Waals surface area (Å²) >= 11 is 0. The Morgan fingerprint density at radius 3 is 2.75 bits per heavy atom. The van der Waals surface area contributed by atoms with Gasteiger partial charge in [-0.3, -0.25) is 9.20 Å². The molecule has 2 aromatic heterocycles. The van der Waals surface area contributed by atoms with Gasteiger partial charge in [0.05, 0.1) is 5.56 Å². The highest BCUT2D eigenvalue weighted by Gasteiger charge is 2.42. The molecule has 0 bridgehead atoms. The van der Waals surface area contributed by atoms with Crippen LogP contribution in [0.1, 0.15) is 35.7 Å². The molecule has 0 aliphatic carbocycles. The van der Waals surface area contributed by atoms with Gasteiger partial charge in [-0.15, -0.1) is 10.2 Å². The topological polar surface area (TPSA) is 50.5 Å². The largest absolute Gasteiger partial charge is 0.337 e. The Morgan fingerprint density at radius 1 is 1.17 bits per heavy atom. The number of benzene rings is 1. The zero-order valence-corrected chi connectivity index (χ0v) is 13.9. The second kappa shape index (κ2) is 5.44. The minimum atomic E-state index is 0.0279. The van der Waals surface area contributed by atoms with Crippen LogP contribution in [0.3, 0.4) is 0 Å². The number of likely N-dealkylation sites (tertiary alicyclic amines) is 1. The van der Waals surface area contributed by atoms with E-state index in [1.165, 1.54) is 5.56 Å². The number of rotatable bonds is 2. The van der Waals surface area contributed by atoms with Gasteiger partial charge in [0.2, 0.25) is 0 Å². The Balaban J connectivity index is 1.66. The summed E-state index contributed by atoms with van der Waals surface area (Å²) in [4.78, 5) is 15.0. The van der Waals surface area contributed by atoms with Crippen molar-refractivity contribution in [3.05, 3.63) is 66.1 Å². The highest BCUT2D eigenvalue weighted by Crippen LogP contribution is 2.42. The van der Waals surface area contributed by atoms with Crippen molar-refractivity contribution in [1.82, 2.24) is 19.5 Å². The van der Waals surface area contributed by atoms with Gasteiger partial charge in [0.15, 0.2) is 5.65 Å². The molecule has 1 aromatic carbocycles. The monoisotopic (exact) mass is 320 g/mol. The lowest BCUT2D eigenvalue weighted by atomic mass is 9.78. The minimum absolute atomic E-state index is 0.0279. The van der Waals surface area contributed by atoms with Crippen LogP contribution in [0, 0.1) is 5.41 Å². The number of carbonyl (C=O) groups excluding carboxylic acids is 1. The first-order valence-corrected chi connectivity index (χ1v) is 8.19. The fourth-order valence-electron chi connectivity index (χ4n) is 3.72. The van der Waals surface area contributed by atoms with Crippen LogP contribution in [-0.4, -0.2) is 38.5 Å². The quantitative estimate of drug-likeness (QED) is 0.729. The molecule has 3 heterocycles. The van der Waals surface area contributed by atoms with E-state index in [2.05, 4.69) is 48.3 Å². The molecule has 122 valence electrons. The van der Waals surface area contributed by atoms with Crippen molar-refractivity contribution < 1.29 is 4.79 Å². The SMILES string of the molecule is CC1(C)CN(C(=O)c2cccn3cnnc23)CC1c1ccccc1. The summed E-state index contributed by atoms with van der Waals surface area (Å²) in [7, 11) is 0. The van der Waals surface area contributed by atoms with Crippen molar-refractivity contribution in [3.63, 3.8) is 0 Å². The lowest BCUT2D eigenvalue weighted by Crippen LogP contribution is -2.30. The highest BCUT2D eigenvalue weighted by atomic mass is 16.2. The zero-order valence-electron chi connectivity index (χ0n) is 13.9. The first kappa shape index (κ1) is 14.9. The van der Waals surface area contributed by atoms with Gasteiger partial charge in [0, 0.05) is 25.2 Å². The van der Waals surface area contributed by atoms with Crippen LogP contribution < -0.4 is 0 Å². The van der Waals surface area contributed by atoms with Gasteiger partial charge in [-0.25, -0.2) is 0 Å². The minimum Gasteiger partial charge on any atom is -0.337 e. The number of fused-ring (bicyclic) bond motifs is 1. The number of aromatic nitrogens is 3. The molecule has 0 saturated carbocycles. The van der Waals surface area contributed by atoms with Gasteiger partial charge in [0.25, 0.3) is 5.91 Å². The Bertz CT molecular complexity index is 885. The van der Waals surface area contributed by atoms with Gasteiger partial charge >= 0.3 is 0 Å². The second-order valence-corrected chi connectivity index (χ2v) is 7.12. The van der Waals surface area contributed by atoms with Crippen molar-refractivity contribution in [2.24, 2.45) is 5.41 Å². The van der Waals surface area contributed by atoms with E-state index < -0.39 is 0 Å². The maximum Gasteiger partial charge on any atom is 0.257 e. The van der Waals surface area contributed by atoms with Gasteiger partial charge in [-0.05, 0) is 23.1 Å². The van der Waals surface area contributed by atoms with Crippen LogP contribution >= 0.6 is 0 Å². The van der Waals surface area contributed by atoms with E-state index in [-0.39, 0.29) is 11.3 Å². The summed E-state index contributed by atoms with van der Waals surface area (Å²) in [6.07, 6.45) is 3.47. The van der Waals surface area contributed by atoms with Crippen molar-refractivity contribution in [3.8, 4) is 0 Å². The smallest absolute Gasteiger partial charge is 0.257 e. The number of nitrogens with zero attached hydrogens (tertiary/aromatic N) is 4. The van der Waals surface area contributed by atoms with Crippen molar-refractivity contribution in [2.75, 3.05) is 13.1 Å². The summed E-state index contributed by atoms with van der Waals surface area (Å²) < 4.78 is 1.78. The van der Waals surface area contributed by atoms with Crippen molar-refractivity contribution in [1.29, 1.82) is 0 Å². The Morgan fingerprint density at radius 2 is 1.96 bits per heavy atom. The summed E-state index contributed by atoms with van der Waals surface area (Å²) in [5, 5.41) is 7.99. The Labute approximate surface area is 140 Å². The van der Waals surface area contributed by atoms with Crippen LogP contribution in [0.5, 0.6) is 0 Å². The first-order chi connectivity index (χ1) is 11.6. The second-order valence-electron chi connectivity index (χ2n) is 7.12. The van der Waals surface area contributed by atoms with Gasteiger partial charge < -0.3 is 4.90 Å². The summed E-state index contributed by atoms with van der Waals surface area (Å²) in [5.41, 5.74) is 2.55. The number of hydrogen-bond donors (Lipinski definition) is 0. The third-order valence-corrected chi connectivity index (χ3v) is 4.99. The molecule has 1 atom stereocenters. The molecule has 0 radical (unpaired) electrons. The third kappa shape index (κ3) is 2.37. The number of amides is 1. The molecule has 0 N–H and O–H groups in total. The summed E-state index contributed by atoms with van der Waals surface area (Å²) in [6, 6.07) is 14.1. The highest BCUT2D eigenvalue weighted by molar-refractivity contribution is 5.99. The lowest BCUT2D eigenvalue weighted by Gasteiger charge is -2.25. The van der Waals surface area contributed by atoms with E-state index in [0.717, 1.165) is 13.1 Å². The molecular weight excluding hydrogens is 300 g/mol. The molecule has 0 spiro atoms. The van der Waals surface area contributed by atoms with Gasteiger partial charge in [0.1, 0.15) is 6.33 Å². The predicted octanol–water partition coefficient (Wildman–Crippen LogP) is 3.00. The zero-order chi connectivity index (χ0) is 16.7. The van der Waals surface area contributed by atoms with Gasteiger partial charge in [-0.1, -0.05) is 44.2 Å². The van der Waals surface area contributed by atoms with Crippen LogP contribution in [0.25, 0.3) is 5.65 Å². The number of carbonyl (C=O) groups is 1. The maximum atomic E-state index is 13.1. The standard InChI is InChI=1S/C19H20N4O/c1-19(2)12-23(11-16(19)14-7-4-3-5-8-14)18(24)15-9-6-10-22-13-20-21-17(15)22/h3-10,13,16H,11-12H2,1-2H3. The van der Waals surface area contributed by atoms with Crippen LogP contribution in [0.4, 0.5) is 0 Å². The lowest BCUT2D eigenvalue weighted by molar-refractivity contribution is 0.0779. The van der Waals surface area contributed by atoms with Gasteiger partial charge in [-0.2, -0.15) is 0 Å². The van der Waals surface area contributed by atoms with E-state index in [4.69, 9.17) is 0 Å². The predicted molar refractivity (Wildman–Crippen MR) is 91.9 cm³/mol. The average molecular weight is 320 g/mol. The fourth-order valence-corrected chi connectivity index (χ4v) is 3.72. The molecule has 1 unspecified atom stereocenters. The molecule has 5 nitrogen and oxygen atoms in total. The van der Waals surface area contributed by atoms with E-state index in [9.17, 15) is 4.79 Å². The molecule has 1 aliphatic rings. The molecule has 1 saturated heterocycles. The normalized spacial score (nSPS) is 19.8. The summed E-state index contributed by atoms with van der Waals surface area (Å²) in [5.74, 6) is 0.361. The van der Waals surface area contributed by atoms with E-state index in [0.29, 0.717) is 17.1 Å². The van der Waals surface area contributed by atoms with E-state index in [1.807, 2.05) is 29.3 Å². The van der Waals surface area contributed by atoms with Crippen LogP contribution in [-0.2, 0) is 0 Å². The molecule has 1 amide bonds. The maximum absolute atomic E-state index is 13.1. The third-order valence-electron chi connectivity index (χ3n) is 4.99. The molecular formula is C19H20N4O. The van der Waals surface area contributed by atoms with Crippen molar-refractivity contribution >= 4 is 11.6 Å². The van der Waals surface area contributed by atoms with E-state index in [1.54, 1.807) is 10.7 Å². The molecule has 1 aliphatic heterocycles. The molecule has 3 aromatic rings. The molecule has 5 heteroatoms. The molecule has 4 rings (SSSR count). The average Bonchev–Trinajstić information content (AvgIpc) is 3.18. The Hall–Kier alpha value is -2.69.